The van der Waals surface area contributed by atoms with Crippen LogP contribution in [0, 0.1) is 5.82 Å². The molecule has 0 saturated carbocycles. The number of carbonyl (C=O) groups excluding carboxylic acids is 2. The molecule has 1 fully saturated rings. The molecule has 0 spiro atoms. The van der Waals surface area contributed by atoms with Gasteiger partial charge in [-0.3, -0.25) is 19.3 Å². The number of carbonyl (C=O) groups is 2. The number of rotatable bonds is 6. The van der Waals surface area contributed by atoms with Crippen LogP contribution in [0.3, 0.4) is 0 Å². The summed E-state index contributed by atoms with van der Waals surface area (Å²) in [5.41, 5.74) is 0.726. The number of ether oxygens (including phenoxy) is 1. The first-order valence-corrected chi connectivity index (χ1v) is 10.6. The summed E-state index contributed by atoms with van der Waals surface area (Å²) < 4.78 is 20.5. The van der Waals surface area contributed by atoms with Gasteiger partial charge in [-0.15, -0.1) is 0 Å². The fraction of sp³-hybridized carbons (Fsp3) is 0.318. The van der Waals surface area contributed by atoms with Crippen LogP contribution in [0.4, 0.5) is 16.0 Å². The summed E-state index contributed by atoms with van der Waals surface area (Å²) in [6.07, 6.45) is 2.16. The lowest BCUT2D eigenvalue weighted by atomic mass is 10.2. The zero-order chi connectivity index (χ0) is 22.9. The van der Waals surface area contributed by atoms with Gasteiger partial charge in [0.2, 0.25) is 5.91 Å². The maximum atomic E-state index is 13.6. The first-order valence-electron chi connectivity index (χ1n) is 10.6. The number of hydrogen-bond donors (Lipinski definition) is 2. The molecule has 0 aliphatic carbocycles. The van der Waals surface area contributed by atoms with Crippen LogP contribution in [-0.2, 0) is 16.1 Å². The molecule has 170 valence electrons. The predicted octanol–water partition coefficient (Wildman–Crippen LogP) is 1.05. The molecule has 4 heterocycles. The highest BCUT2D eigenvalue weighted by Crippen LogP contribution is 2.30. The molecular formula is C22H21FN6O4. The summed E-state index contributed by atoms with van der Waals surface area (Å²) in [7, 11) is 0. The fourth-order valence-corrected chi connectivity index (χ4v) is 4.08. The van der Waals surface area contributed by atoms with Crippen LogP contribution in [0.2, 0.25) is 0 Å². The number of nitrogens with one attached hydrogen (secondary N) is 2. The highest BCUT2D eigenvalue weighted by atomic mass is 19.1. The molecule has 1 saturated heterocycles. The molecule has 1 atom stereocenters. The number of benzene rings is 1. The monoisotopic (exact) mass is 452 g/mol. The van der Waals surface area contributed by atoms with Gasteiger partial charge in [0.15, 0.2) is 18.2 Å². The van der Waals surface area contributed by atoms with Crippen LogP contribution in [0.1, 0.15) is 12.8 Å². The quantitative estimate of drug-likeness (QED) is 0.537. The molecule has 2 aliphatic rings. The van der Waals surface area contributed by atoms with Gasteiger partial charge in [-0.2, -0.15) is 0 Å². The van der Waals surface area contributed by atoms with Crippen LogP contribution in [0.15, 0.2) is 41.3 Å². The molecule has 11 heteroatoms. The van der Waals surface area contributed by atoms with Gasteiger partial charge >= 0.3 is 0 Å². The molecule has 1 aromatic carbocycles. The zero-order valence-electron chi connectivity index (χ0n) is 17.6. The van der Waals surface area contributed by atoms with Crippen molar-refractivity contribution in [2.75, 3.05) is 29.9 Å². The van der Waals surface area contributed by atoms with Gasteiger partial charge in [0.1, 0.15) is 11.6 Å². The van der Waals surface area contributed by atoms with Crippen molar-refractivity contribution in [3.63, 3.8) is 0 Å². The molecule has 33 heavy (non-hydrogen) atoms. The third-order valence-corrected chi connectivity index (χ3v) is 5.66. The van der Waals surface area contributed by atoms with Crippen LogP contribution in [-0.4, -0.2) is 52.1 Å². The van der Waals surface area contributed by atoms with Crippen molar-refractivity contribution in [1.29, 1.82) is 0 Å². The van der Waals surface area contributed by atoms with E-state index < -0.39 is 5.82 Å². The number of aromatic nitrogens is 3. The van der Waals surface area contributed by atoms with E-state index in [4.69, 9.17) is 4.74 Å². The molecule has 2 N–H and O–H groups in total. The van der Waals surface area contributed by atoms with E-state index in [0.29, 0.717) is 60.9 Å². The molecule has 0 bridgehead atoms. The van der Waals surface area contributed by atoms with Gasteiger partial charge in [-0.25, -0.2) is 14.4 Å². The van der Waals surface area contributed by atoms with Crippen LogP contribution >= 0.6 is 0 Å². The van der Waals surface area contributed by atoms with Gasteiger partial charge < -0.3 is 19.9 Å². The van der Waals surface area contributed by atoms with E-state index in [1.165, 1.54) is 22.9 Å². The van der Waals surface area contributed by atoms with Crippen molar-refractivity contribution < 1.29 is 18.7 Å². The highest BCUT2D eigenvalue weighted by molar-refractivity contribution is 5.97. The van der Waals surface area contributed by atoms with Crippen LogP contribution < -0.4 is 25.8 Å². The minimum Gasteiger partial charge on any atom is -0.480 e. The normalized spacial score (nSPS) is 17.7. The number of amides is 2. The number of anilines is 2. The fourth-order valence-electron chi connectivity index (χ4n) is 4.08. The Labute approximate surface area is 187 Å². The molecule has 0 radical (unpaired) electrons. The predicted molar refractivity (Wildman–Crippen MR) is 118 cm³/mol. The third-order valence-electron chi connectivity index (χ3n) is 5.66. The summed E-state index contributed by atoms with van der Waals surface area (Å²) in [5.74, 6) is 0.440. The number of fused-ring (bicyclic) bond motifs is 2. The molecule has 0 unspecified atom stereocenters. The Morgan fingerprint density at radius 2 is 2.09 bits per heavy atom. The lowest BCUT2D eigenvalue weighted by molar-refractivity contribution is -0.118. The summed E-state index contributed by atoms with van der Waals surface area (Å²) in [6, 6.07) is 7.46. The van der Waals surface area contributed by atoms with Gasteiger partial charge in [0, 0.05) is 25.6 Å². The Morgan fingerprint density at radius 1 is 1.21 bits per heavy atom. The van der Waals surface area contributed by atoms with Crippen molar-refractivity contribution in [3.8, 4) is 5.75 Å². The first-order chi connectivity index (χ1) is 16.0. The molecular weight excluding hydrogens is 431 g/mol. The number of pyridine rings is 1. The Hall–Kier alpha value is -3.86. The van der Waals surface area contributed by atoms with Gasteiger partial charge in [-0.1, -0.05) is 0 Å². The Balaban J connectivity index is 1.19. The van der Waals surface area contributed by atoms with Gasteiger partial charge in [0.25, 0.3) is 11.5 Å². The van der Waals surface area contributed by atoms with E-state index in [-0.39, 0.29) is 30.0 Å². The number of hydrogen-bond acceptors (Lipinski definition) is 7. The van der Waals surface area contributed by atoms with Crippen LogP contribution in [0.25, 0.3) is 11.0 Å². The minimum atomic E-state index is -0.423. The standard InChI is InChI=1S/C22H21FN6O4/c23-13-2-3-15-16(8-13)28(21(32)10-25-15)7-1-6-24-14-9-20(31)29(11-14)18-5-4-17-22(26-18)27-19(30)12-33-17/h2-5,8,10,14,24H,1,6-7,9,11-12H2,(H,26,27,30)/t14-/m1/s1. The largest absolute Gasteiger partial charge is 0.480 e. The van der Waals surface area contributed by atoms with E-state index in [9.17, 15) is 18.8 Å². The third kappa shape index (κ3) is 4.27. The van der Waals surface area contributed by atoms with Gasteiger partial charge in [0.05, 0.1) is 17.2 Å². The average molecular weight is 452 g/mol. The summed E-state index contributed by atoms with van der Waals surface area (Å²) >= 11 is 0. The lowest BCUT2D eigenvalue weighted by Crippen LogP contribution is -2.34. The van der Waals surface area contributed by atoms with E-state index >= 15 is 0 Å². The van der Waals surface area contributed by atoms with Crippen LogP contribution in [0.5, 0.6) is 5.75 Å². The van der Waals surface area contributed by atoms with E-state index in [0.717, 1.165) is 0 Å². The Kier molecular flexibility index (Phi) is 5.47. The maximum absolute atomic E-state index is 13.6. The van der Waals surface area contributed by atoms with Crippen molar-refractivity contribution in [2.24, 2.45) is 0 Å². The molecule has 2 aromatic heterocycles. The average Bonchev–Trinajstić information content (AvgIpc) is 3.17. The second-order valence-corrected chi connectivity index (χ2v) is 7.95. The smallest absolute Gasteiger partial charge is 0.269 e. The number of nitrogens with zero attached hydrogens (tertiary/aromatic N) is 4. The second kappa shape index (κ2) is 8.58. The first kappa shape index (κ1) is 21.0. The van der Waals surface area contributed by atoms with E-state index in [2.05, 4.69) is 20.6 Å². The molecule has 2 amide bonds. The van der Waals surface area contributed by atoms with Crippen molar-refractivity contribution in [2.45, 2.75) is 25.4 Å². The highest BCUT2D eigenvalue weighted by Gasteiger charge is 2.32. The molecule has 10 nitrogen and oxygen atoms in total. The Bertz CT molecular complexity index is 1310. The number of halogens is 1. The zero-order valence-corrected chi connectivity index (χ0v) is 17.6. The lowest BCUT2D eigenvalue weighted by Gasteiger charge is -2.21. The van der Waals surface area contributed by atoms with Crippen molar-refractivity contribution >= 4 is 34.5 Å². The summed E-state index contributed by atoms with van der Waals surface area (Å²) in [6.45, 7) is 1.34. The number of aryl methyl sites for hydroxylation is 1. The SMILES string of the molecule is O=C1COc2ccc(N3C[C@H](NCCCn4c(=O)cnc5ccc(F)cc54)CC3=O)nc2N1. The minimum absolute atomic E-state index is 0.0565. The maximum Gasteiger partial charge on any atom is 0.269 e. The van der Waals surface area contributed by atoms with Crippen molar-refractivity contribution in [1.82, 2.24) is 19.9 Å². The van der Waals surface area contributed by atoms with E-state index in [1.54, 1.807) is 23.1 Å². The summed E-state index contributed by atoms with van der Waals surface area (Å²) in [5, 5.41) is 5.98. The topological polar surface area (TPSA) is 118 Å². The molecule has 2 aliphatic heterocycles. The second-order valence-electron chi connectivity index (χ2n) is 7.95. The molecule has 5 rings (SSSR count). The Morgan fingerprint density at radius 3 is 2.97 bits per heavy atom. The van der Waals surface area contributed by atoms with Gasteiger partial charge in [-0.05, 0) is 43.3 Å². The van der Waals surface area contributed by atoms with Crippen molar-refractivity contribution in [3.05, 3.63) is 52.7 Å². The molecule has 3 aromatic rings. The summed E-state index contributed by atoms with van der Waals surface area (Å²) in [4.78, 5) is 46.3. The van der Waals surface area contributed by atoms with E-state index in [1.807, 2.05) is 0 Å².